The van der Waals surface area contributed by atoms with Crippen molar-refractivity contribution in [2.45, 2.75) is 6.54 Å². The molecule has 0 unspecified atom stereocenters. The number of carboxylic acid groups (broad SMARTS) is 1. The molecule has 6 nitrogen and oxygen atoms in total. The molecule has 21 heavy (non-hydrogen) atoms. The van der Waals surface area contributed by atoms with Crippen LogP contribution in [0.2, 0.25) is 10.0 Å². The number of nitrogens with zero attached hydrogens (tertiary/aromatic N) is 4. The Hall–Kier alpha value is -2.18. The van der Waals surface area contributed by atoms with Crippen LogP contribution in [0.3, 0.4) is 0 Å². The molecule has 0 saturated carbocycles. The minimum Gasteiger partial charge on any atom is -0.476 e. The van der Waals surface area contributed by atoms with Crippen molar-refractivity contribution < 1.29 is 9.90 Å². The maximum absolute atomic E-state index is 11.2. The van der Waals surface area contributed by atoms with Gasteiger partial charge < -0.3 is 5.11 Å². The highest BCUT2D eigenvalue weighted by Gasteiger charge is 2.18. The predicted octanol–water partition coefficient (Wildman–Crippen LogP) is 2.88. The predicted molar refractivity (Wildman–Crippen MR) is 77.8 cm³/mol. The number of aromatic carboxylic acids is 1. The van der Waals surface area contributed by atoms with Gasteiger partial charge >= 0.3 is 5.97 Å². The average molecular weight is 323 g/mol. The molecule has 3 rings (SSSR count). The highest BCUT2D eigenvalue weighted by molar-refractivity contribution is 6.35. The first-order valence-corrected chi connectivity index (χ1v) is 6.65. The molecule has 0 aliphatic heterocycles. The van der Waals surface area contributed by atoms with Crippen LogP contribution in [0.15, 0.2) is 30.7 Å². The number of hydrogen-bond donors (Lipinski definition) is 1. The first-order valence-electron chi connectivity index (χ1n) is 5.90. The number of carbonyl (C=O) groups is 1. The maximum Gasteiger partial charge on any atom is 0.358 e. The van der Waals surface area contributed by atoms with Gasteiger partial charge in [-0.1, -0.05) is 29.3 Å². The minimum atomic E-state index is -1.14. The van der Waals surface area contributed by atoms with Gasteiger partial charge in [0.25, 0.3) is 0 Å². The van der Waals surface area contributed by atoms with E-state index in [1.54, 1.807) is 18.2 Å². The van der Waals surface area contributed by atoms with Crippen LogP contribution in [0.5, 0.6) is 0 Å². The van der Waals surface area contributed by atoms with Crippen molar-refractivity contribution in [3.63, 3.8) is 0 Å². The summed E-state index contributed by atoms with van der Waals surface area (Å²) in [4.78, 5) is 19.1. The Kier molecular flexibility index (Phi) is 3.48. The summed E-state index contributed by atoms with van der Waals surface area (Å²) in [6, 6.07) is 5.10. The van der Waals surface area contributed by atoms with Crippen LogP contribution in [0.25, 0.3) is 11.0 Å². The summed E-state index contributed by atoms with van der Waals surface area (Å²) in [5.74, 6) is -1.14. The molecule has 1 N–H and O–H groups in total. The zero-order chi connectivity index (χ0) is 15.0. The van der Waals surface area contributed by atoms with E-state index >= 15 is 0 Å². The second kappa shape index (κ2) is 5.31. The van der Waals surface area contributed by atoms with Gasteiger partial charge in [0.1, 0.15) is 17.4 Å². The zero-order valence-corrected chi connectivity index (χ0v) is 12.0. The van der Waals surface area contributed by atoms with Gasteiger partial charge in [-0.2, -0.15) is 5.10 Å². The Morgan fingerprint density at radius 1 is 1.33 bits per heavy atom. The van der Waals surface area contributed by atoms with Crippen LogP contribution in [-0.2, 0) is 6.54 Å². The lowest BCUT2D eigenvalue weighted by atomic mass is 10.2. The van der Waals surface area contributed by atoms with E-state index in [0.29, 0.717) is 27.6 Å². The lowest BCUT2D eigenvalue weighted by Gasteiger charge is -2.06. The third kappa shape index (κ3) is 2.55. The molecule has 0 aliphatic rings. The Balaban J connectivity index is 2.10. The molecule has 3 aromatic rings. The smallest absolute Gasteiger partial charge is 0.358 e. The molecule has 8 heteroatoms. The molecular weight excluding hydrogens is 315 g/mol. The van der Waals surface area contributed by atoms with Gasteiger partial charge in [-0.3, -0.25) is 4.68 Å². The number of hydrogen-bond acceptors (Lipinski definition) is 4. The van der Waals surface area contributed by atoms with Crippen molar-refractivity contribution >= 4 is 40.2 Å². The highest BCUT2D eigenvalue weighted by atomic mass is 35.5. The molecule has 0 fully saturated rings. The van der Waals surface area contributed by atoms with E-state index in [1.807, 2.05) is 0 Å². The summed E-state index contributed by atoms with van der Waals surface area (Å²) in [6.07, 6.45) is 2.81. The summed E-state index contributed by atoms with van der Waals surface area (Å²) in [5.41, 5.74) is 1.48. The van der Waals surface area contributed by atoms with Gasteiger partial charge in [0.2, 0.25) is 0 Å². The van der Waals surface area contributed by atoms with Crippen LogP contribution in [0, 0.1) is 0 Å². The van der Waals surface area contributed by atoms with Gasteiger partial charge in [0, 0.05) is 10.0 Å². The summed E-state index contributed by atoms with van der Waals surface area (Å²) in [6.45, 7) is 0.299. The van der Waals surface area contributed by atoms with E-state index in [4.69, 9.17) is 23.2 Å². The van der Waals surface area contributed by atoms with Crippen molar-refractivity contribution in [3.8, 4) is 0 Å². The van der Waals surface area contributed by atoms with Gasteiger partial charge in [-0.15, -0.1) is 0 Å². The Bertz CT molecular complexity index is 847. The molecule has 0 atom stereocenters. The largest absolute Gasteiger partial charge is 0.476 e. The second-order valence-electron chi connectivity index (χ2n) is 4.30. The van der Waals surface area contributed by atoms with Crippen LogP contribution in [0.4, 0.5) is 0 Å². The second-order valence-corrected chi connectivity index (χ2v) is 5.15. The van der Waals surface area contributed by atoms with E-state index in [2.05, 4.69) is 15.1 Å². The van der Waals surface area contributed by atoms with Gasteiger partial charge in [-0.25, -0.2) is 14.8 Å². The van der Waals surface area contributed by atoms with E-state index in [0.717, 1.165) is 5.56 Å². The molecule has 0 radical (unpaired) electrons. The van der Waals surface area contributed by atoms with E-state index < -0.39 is 5.97 Å². The summed E-state index contributed by atoms with van der Waals surface area (Å²) < 4.78 is 1.51. The standard InChI is InChI=1S/C13H8Cl2N4O2/c14-8-2-1-7(9(15)3-8)5-19-10-4-16-6-17-11(10)12(18-19)13(20)21/h1-4,6H,5H2,(H,20,21). The lowest BCUT2D eigenvalue weighted by molar-refractivity contribution is 0.0691. The molecule has 0 spiro atoms. The Morgan fingerprint density at radius 2 is 2.14 bits per heavy atom. The molecule has 0 aliphatic carbocycles. The molecule has 2 aromatic heterocycles. The van der Waals surface area contributed by atoms with Gasteiger partial charge in [0.05, 0.1) is 12.7 Å². The average Bonchev–Trinajstić information content (AvgIpc) is 2.81. The van der Waals surface area contributed by atoms with Crippen molar-refractivity contribution in [1.82, 2.24) is 19.7 Å². The van der Waals surface area contributed by atoms with E-state index in [9.17, 15) is 9.90 Å². The molecule has 106 valence electrons. The molecule has 0 bridgehead atoms. The molecular formula is C13H8Cl2N4O2. The molecule has 0 amide bonds. The van der Waals surface area contributed by atoms with Crippen molar-refractivity contribution in [2.75, 3.05) is 0 Å². The molecule has 1 aromatic carbocycles. The fourth-order valence-electron chi connectivity index (χ4n) is 1.99. The first kappa shape index (κ1) is 13.8. The van der Waals surface area contributed by atoms with Gasteiger partial charge in [-0.05, 0) is 17.7 Å². The van der Waals surface area contributed by atoms with Gasteiger partial charge in [0.15, 0.2) is 5.69 Å². The topological polar surface area (TPSA) is 80.9 Å². The Morgan fingerprint density at radius 3 is 2.86 bits per heavy atom. The summed E-state index contributed by atoms with van der Waals surface area (Å²) >= 11 is 12.0. The van der Waals surface area contributed by atoms with E-state index in [-0.39, 0.29) is 5.69 Å². The van der Waals surface area contributed by atoms with Crippen molar-refractivity contribution in [1.29, 1.82) is 0 Å². The van der Waals surface area contributed by atoms with Crippen LogP contribution in [-0.4, -0.2) is 30.8 Å². The van der Waals surface area contributed by atoms with Crippen molar-refractivity contribution in [2.24, 2.45) is 0 Å². The monoisotopic (exact) mass is 322 g/mol. The number of benzene rings is 1. The first-order chi connectivity index (χ1) is 10.1. The molecule has 0 saturated heterocycles. The van der Waals surface area contributed by atoms with Crippen LogP contribution in [0.1, 0.15) is 16.1 Å². The fraction of sp³-hybridized carbons (Fsp3) is 0.0769. The fourth-order valence-corrected chi connectivity index (χ4v) is 2.46. The normalized spacial score (nSPS) is 11.0. The lowest BCUT2D eigenvalue weighted by Crippen LogP contribution is -2.05. The van der Waals surface area contributed by atoms with E-state index in [1.165, 1.54) is 17.2 Å². The summed E-state index contributed by atoms with van der Waals surface area (Å²) in [5, 5.41) is 14.3. The van der Waals surface area contributed by atoms with Crippen molar-refractivity contribution in [3.05, 3.63) is 52.0 Å². The Labute approximate surface area is 129 Å². The number of halogens is 2. The summed E-state index contributed by atoms with van der Waals surface area (Å²) in [7, 11) is 0. The van der Waals surface area contributed by atoms with Crippen LogP contribution < -0.4 is 0 Å². The minimum absolute atomic E-state index is 0.113. The van der Waals surface area contributed by atoms with Crippen LogP contribution >= 0.6 is 23.2 Å². The third-order valence-electron chi connectivity index (χ3n) is 2.95. The number of carboxylic acids is 1. The molecule has 2 heterocycles. The quantitative estimate of drug-likeness (QED) is 0.801. The zero-order valence-electron chi connectivity index (χ0n) is 10.5. The SMILES string of the molecule is O=C(O)c1nn(Cc2ccc(Cl)cc2Cl)c2cncnc12. The maximum atomic E-state index is 11.2. The third-order valence-corrected chi connectivity index (χ3v) is 3.54. The number of aromatic nitrogens is 4. The highest BCUT2D eigenvalue weighted by Crippen LogP contribution is 2.23. The number of rotatable bonds is 3. The number of fused-ring (bicyclic) bond motifs is 1.